The number of nitrogens with one attached hydrogen (secondary N) is 1. The fourth-order valence-corrected chi connectivity index (χ4v) is 3.19. The average molecular weight is 444 g/mol. The van der Waals surface area contributed by atoms with Gasteiger partial charge >= 0.3 is 5.97 Å². The third-order valence-electron chi connectivity index (χ3n) is 5.05. The van der Waals surface area contributed by atoms with Gasteiger partial charge in [-0.2, -0.15) is 0 Å². The van der Waals surface area contributed by atoms with Crippen molar-refractivity contribution in [3.8, 4) is 11.5 Å². The van der Waals surface area contributed by atoms with E-state index in [2.05, 4.69) is 70.7 Å². The van der Waals surface area contributed by atoms with E-state index in [1.807, 2.05) is 19.2 Å². The van der Waals surface area contributed by atoms with E-state index >= 15 is 0 Å². The van der Waals surface area contributed by atoms with Crippen molar-refractivity contribution < 1.29 is 19.4 Å². The molecule has 0 heterocycles. The summed E-state index contributed by atoms with van der Waals surface area (Å²) in [6.45, 7) is 15.1. The largest absolute Gasteiger partial charge is 0.507 e. The first-order valence-corrected chi connectivity index (χ1v) is 11.2. The van der Waals surface area contributed by atoms with Crippen molar-refractivity contribution >= 4 is 11.7 Å². The highest BCUT2D eigenvalue weighted by Gasteiger charge is 2.26. The monoisotopic (exact) mass is 443 g/mol. The van der Waals surface area contributed by atoms with Crippen LogP contribution in [0.15, 0.2) is 36.4 Å². The molecule has 0 aromatic heterocycles. The zero-order valence-corrected chi connectivity index (χ0v) is 21.3. The SMILES string of the molecule is CCCc1cc(C(C)(C)C)c(O)c(C(C)(C)C)c1.CNc1ccc(OCC(=O)OC)cc1. The molecule has 2 N–H and O–H groups in total. The van der Waals surface area contributed by atoms with Gasteiger partial charge in [-0.1, -0.05) is 67.0 Å². The first kappa shape index (κ1) is 27.3. The molecule has 0 saturated carbocycles. The molecule has 5 nitrogen and oxygen atoms in total. The number of phenols is 1. The summed E-state index contributed by atoms with van der Waals surface area (Å²) < 4.78 is 9.60. The molecule has 0 fully saturated rings. The average Bonchev–Trinajstić information content (AvgIpc) is 2.72. The van der Waals surface area contributed by atoms with E-state index in [1.165, 1.54) is 12.7 Å². The van der Waals surface area contributed by atoms with Gasteiger partial charge in [0.15, 0.2) is 6.61 Å². The molecule has 32 heavy (non-hydrogen) atoms. The van der Waals surface area contributed by atoms with E-state index in [0.29, 0.717) is 11.5 Å². The second-order valence-corrected chi connectivity index (χ2v) is 9.93. The Bertz CT molecular complexity index is 824. The predicted molar refractivity (Wildman–Crippen MR) is 133 cm³/mol. The molecule has 0 aliphatic rings. The first-order chi connectivity index (χ1) is 14.8. The van der Waals surface area contributed by atoms with Gasteiger partial charge in [-0.3, -0.25) is 0 Å². The summed E-state index contributed by atoms with van der Waals surface area (Å²) in [6.07, 6.45) is 2.21. The Kier molecular flexibility index (Phi) is 10.1. The predicted octanol–water partition coefficient (Wildman–Crippen LogP) is 6.22. The van der Waals surface area contributed by atoms with Crippen molar-refractivity contribution in [1.29, 1.82) is 0 Å². The maximum Gasteiger partial charge on any atom is 0.343 e. The summed E-state index contributed by atoms with van der Waals surface area (Å²) in [5.74, 6) is 0.743. The number of benzene rings is 2. The van der Waals surface area contributed by atoms with Crippen LogP contribution in [0.3, 0.4) is 0 Å². The Morgan fingerprint density at radius 3 is 1.84 bits per heavy atom. The van der Waals surface area contributed by atoms with Crippen LogP contribution in [0.5, 0.6) is 11.5 Å². The summed E-state index contributed by atoms with van der Waals surface area (Å²) in [5, 5.41) is 13.5. The number of hydrogen-bond acceptors (Lipinski definition) is 5. The number of methoxy groups -OCH3 is 1. The lowest BCUT2D eigenvalue weighted by molar-refractivity contribution is -0.142. The second kappa shape index (κ2) is 11.8. The third-order valence-corrected chi connectivity index (χ3v) is 5.05. The minimum Gasteiger partial charge on any atom is -0.507 e. The maximum absolute atomic E-state index is 10.7. The van der Waals surface area contributed by atoms with Crippen molar-refractivity contribution in [3.05, 3.63) is 53.1 Å². The maximum atomic E-state index is 10.7. The number of hydrogen-bond donors (Lipinski definition) is 2. The molecular weight excluding hydrogens is 402 g/mol. The second-order valence-electron chi connectivity index (χ2n) is 9.93. The first-order valence-electron chi connectivity index (χ1n) is 11.2. The number of rotatable bonds is 6. The van der Waals surface area contributed by atoms with Gasteiger partial charge in [-0.25, -0.2) is 4.79 Å². The number of ether oxygens (including phenoxy) is 2. The van der Waals surface area contributed by atoms with Gasteiger partial charge in [0.25, 0.3) is 0 Å². The quantitative estimate of drug-likeness (QED) is 0.519. The molecule has 0 aliphatic heterocycles. The number of aromatic hydroxyl groups is 1. The number of aryl methyl sites for hydroxylation is 1. The molecule has 0 unspecified atom stereocenters. The minimum atomic E-state index is -0.386. The summed E-state index contributed by atoms with van der Waals surface area (Å²) in [7, 11) is 3.17. The van der Waals surface area contributed by atoms with Gasteiger partial charge in [0.05, 0.1) is 7.11 Å². The van der Waals surface area contributed by atoms with Crippen LogP contribution in [-0.2, 0) is 26.8 Å². The highest BCUT2D eigenvalue weighted by atomic mass is 16.6. The number of anilines is 1. The van der Waals surface area contributed by atoms with Gasteiger partial charge in [-0.15, -0.1) is 0 Å². The minimum absolute atomic E-state index is 0.0200. The molecule has 0 atom stereocenters. The Balaban J connectivity index is 0.000000330. The molecule has 2 aromatic carbocycles. The van der Waals surface area contributed by atoms with Crippen molar-refractivity contribution in [2.45, 2.75) is 72.1 Å². The van der Waals surface area contributed by atoms with E-state index in [9.17, 15) is 9.90 Å². The van der Waals surface area contributed by atoms with Gasteiger partial charge in [0, 0.05) is 12.7 Å². The molecule has 5 heteroatoms. The molecule has 2 rings (SSSR count). The molecular formula is C27H41NO4. The molecule has 178 valence electrons. The zero-order chi connectivity index (χ0) is 24.5. The summed E-state index contributed by atoms with van der Waals surface area (Å²) >= 11 is 0. The Morgan fingerprint density at radius 2 is 1.47 bits per heavy atom. The summed E-state index contributed by atoms with van der Waals surface area (Å²) in [5.41, 5.74) is 4.43. The van der Waals surface area contributed by atoms with Crippen LogP contribution < -0.4 is 10.1 Å². The van der Waals surface area contributed by atoms with E-state index in [0.717, 1.165) is 29.7 Å². The molecule has 0 saturated heterocycles. The lowest BCUT2D eigenvalue weighted by Crippen LogP contribution is -2.17. The topological polar surface area (TPSA) is 67.8 Å². The molecule has 0 amide bonds. The zero-order valence-electron chi connectivity index (χ0n) is 21.3. The third kappa shape index (κ3) is 8.45. The van der Waals surface area contributed by atoms with Crippen LogP contribution in [-0.4, -0.2) is 31.8 Å². The summed E-state index contributed by atoms with van der Waals surface area (Å²) in [4.78, 5) is 10.7. The van der Waals surface area contributed by atoms with Gasteiger partial charge in [0.2, 0.25) is 0 Å². The lowest BCUT2D eigenvalue weighted by atomic mass is 9.78. The Morgan fingerprint density at radius 1 is 0.969 bits per heavy atom. The fraction of sp³-hybridized carbons (Fsp3) is 0.519. The molecule has 2 aromatic rings. The van der Waals surface area contributed by atoms with E-state index < -0.39 is 0 Å². The van der Waals surface area contributed by atoms with Crippen LogP contribution in [0.4, 0.5) is 5.69 Å². The number of esters is 1. The smallest absolute Gasteiger partial charge is 0.343 e. The van der Waals surface area contributed by atoms with Crippen LogP contribution in [0.1, 0.15) is 71.6 Å². The van der Waals surface area contributed by atoms with Crippen molar-refractivity contribution in [1.82, 2.24) is 0 Å². The molecule has 0 aliphatic carbocycles. The standard InChI is InChI=1S/C17H28O.C10H13NO3/c1-8-9-12-10-13(16(2,3)4)15(18)14(11-12)17(5,6)7;1-11-8-3-5-9(6-4-8)14-7-10(12)13-2/h10-11,18H,8-9H2,1-7H3;3-6,11H,7H2,1-2H3. The molecule has 0 bridgehead atoms. The van der Waals surface area contributed by atoms with Crippen LogP contribution in [0.2, 0.25) is 0 Å². The Hall–Kier alpha value is -2.69. The van der Waals surface area contributed by atoms with Crippen LogP contribution in [0.25, 0.3) is 0 Å². The number of carbonyl (C=O) groups excluding carboxylic acids is 1. The summed E-state index contributed by atoms with van der Waals surface area (Å²) in [6, 6.07) is 11.7. The highest BCUT2D eigenvalue weighted by molar-refractivity contribution is 5.70. The van der Waals surface area contributed by atoms with Crippen molar-refractivity contribution in [3.63, 3.8) is 0 Å². The van der Waals surface area contributed by atoms with Gasteiger partial charge in [0.1, 0.15) is 11.5 Å². The Labute approximate surface area is 194 Å². The highest BCUT2D eigenvalue weighted by Crippen LogP contribution is 2.39. The lowest BCUT2D eigenvalue weighted by Gasteiger charge is -2.28. The van der Waals surface area contributed by atoms with Crippen LogP contribution in [0, 0.1) is 0 Å². The van der Waals surface area contributed by atoms with Crippen molar-refractivity contribution in [2.75, 3.05) is 26.1 Å². The number of carbonyl (C=O) groups is 1. The molecule has 0 radical (unpaired) electrons. The van der Waals surface area contributed by atoms with E-state index in [1.54, 1.807) is 12.1 Å². The van der Waals surface area contributed by atoms with E-state index in [-0.39, 0.29) is 23.4 Å². The normalized spacial score (nSPS) is 11.3. The fourth-order valence-electron chi connectivity index (χ4n) is 3.19. The van der Waals surface area contributed by atoms with Gasteiger partial charge in [-0.05, 0) is 58.2 Å². The van der Waals surface area contributed by atoms with Gasteiger partial charge < -0.3 is 19.9 Å². The molecule has 0 spiro atoms. The van der Waals surface area contributed by atoms with Crippen molar-refractivity contribution in [2.24, 2.45) is 0 Å². The number of phenolic OH excluding ortho intramolecular Hbond substituents is 1. The van der Waals surface area contributed by atoms with Crippen LogP contribution >= 0.6 is 0 Å². The van der Waals surface area contributed by atoms with E-state index in [4.69, 9.17) is 4.74 Å².